The Morgan fingerprint density at radius 3 is 2.06 bits per heavy atom. The molecule has 2 aliphatic carbocycles. The zero-order chi connectivity index (χ0) is 21.0. The summed E-state index contributed by atoms with van der Waals surface area (Å²) in [4.78, 5) is 2.67. The zero-order valence-corrected chi connectivity index (χ0v) is 18.3. The van der Waals surface area contributed by atoms with Gasteiger partial charge in [-0.1, -0.05) is 78.4 Å². The second-order valence-electron chi connectivity index (χ2n) is 9.98. The number of fused-ring (bicyclic) bond motifs is 8. The van der Waals surface area contributed by atoms with E-state index in [1.807, 2.05) is 0 Å². The number of aliphatic hydroxyl groups is 1. The quantitative estimate of drug-likeness (QED) is 0.608. The summed E-state index contributed by atoms with van der Waals surface area (Å²) in [5.41, 5.74) is 8.66. The maximum absolute atomic E-state index is 11.0. The van der Waals surface area contributed by atoms with Gasteiger partial charge in [0, 0.05) is 17.9 Å². The highest BCUT2D eigenvalue weighted by atomic mass is 16.3. The molecule has 2 nitrogen and oxygen atoms in total. The van der Waals surface area contributed by atoms with Gasteiger partial charge >= 0.3 is 0 Å². The molecule has 0 aromatic heterocycles. The highest BCUT2D eigenvalue weighted by Gasteiger charge is 2.53. The van der Waals surface area contributed by atoms with Crippen molar-refractivity contribution in [3.63, 3.8) is 0 Å². The predicted octanol–water partition coefficient (Wildman–Crippen LogP) is 5.58. The molecule has 3 aromatic carbocycles. The third-order valence-corrected chi connectivity index (χ3v) is 8.25. The summed E-state index contributed by atoms with van der Waals surface area (Å²) in [5.74, 6) is 0.921. The van der Waals surface area contributed by atoms with Crippen LogP contribution in [0.15, 0.2) is 72.8 Å². The van der Waals surface area contributed by atoms with E-state index < -0.39 is 0 Å². The molecule has 1 fully saturated rings. The van der Waals surface area contributed by atoms with Gasteiger partial charge in [0.1, 0.15) is 0 Å². The molecule has 31 heavy (non-hydrogen) atoms. The highest BCUT2D eigenvalue weighted by Crippen LogP contribution is 2.60. The summed E-state index contributed by atoms with van der Waals surface area (Å²) in [6, 6.07) is 26.7. The normalized spacial score (nSPS) is 25.9. The van der Waals surface area contributed by atoms with Crippen molar-refractivity contribution in [1.29, 1.82) is 0 Å². The second-order valence-corrected chi connectivity index (χ2v) is 9.98. The summed E-state index contributed by atoms with van der Waals surface area (Å²) in [6.45, 7) is 5.35. The summed E-state index contributed by atoms with van der Waals surface area (Å²) in [6.07, 6.45) is 3.01. The first kappa shape index (κ1) is 19.3. The lowest BCUT2D eigenvalue weighted by Crippen LogP contribution is -2.44. The van der Waals surface area contributed by atoms with Crippen LogP contribution < -0.4 is 0 Å². The van der Waals surface area contributed by atoms with Crippen LogP contribution in [0.5, 0.6) is 0 Å². The van der Waals surface area contributed by atoms with Gasteiger partial charge in [-0.2, -0.15) is 0 Å². The number of piperidine rings is 1. The molecule has 1 atom stereocenters. The minimum absolute atomic E-state index is 0.139. The van der Waals surface area contributed by atoms with Crippen molar-refractivity contribution in [1.82, 2.24) is 4.90 Å². The van der Waals surface area contributed by atoms with Gasteiger partial charge in [0.15, 0.2) is 0 Å². The van der Waals surface area contributed by atoms with Gasteiger partial charge in [-0.3, -0.25) is 0 Å². The monoisotopic (exact) mass is 409 g/mol. The van der Waals surface area contributed by atoms with Crippen LogP contribution in [0.25, 0.3) is 0 Å². The van der Waals surface area contributed by atoms with E-state index in [1.165, 1.54) is 12.0 Å². The van der Waals surface area contributed by atoms with Crippen LogP contribution in [0.2, 0.25) is 0 Å². The third kappa shape index (κ3) is 3.00. The molecular formula is C29H31NO. The largest absolute Gasteiger partial charge is 0.388 e. The minimum atomic E-state index is -0.343. The first-order valence-corrected chi connectivity index (χ1v) is 11.8. The van der Waals surface area contributed by atoms with E-state index in [-0.39, 0.29) is 11.5 Å². The number of likely N-dealkylation sites (tertiary alicyclic amines) is 1. The summed E-state index contributed by atoms with van der Waals surface area (Å²) in [7, 11) is 0. The van der Waals surface area contributed by atoms with Crippen LogP contribution in [0.1, 0.15) is 64.7 Å². The van der Waals surface area contributed by atoms with E-state index in [4.69, 9.17) is 0 Å². The molecule has 0 saturated carbocycles. The third-order valence-electron chi connectivity index (χ3n) is 8.25. The van der Waals surface area contributed by atoms with Gasteiger partial charge in [-0.25, -0.2) is 0 Å². The number of rotatable bonds is 4. The lowest BCUT2D eigenvalue weighted by Gasteiger charge is -2.40. The van der Waals surface area contributed by atoms with E-state index in [0.29, 0.717) is 11.8 Å². The number of benzene rings is 3. The van der Waals surface area contributed by atoms with E-state index in [0.717, 1.165) is 38.0 Å². The molecular weight excluding hydrogens is 378 g/mol. The average Bonchev–Trinajstić information content (AvgIpc) is 3.32. The SMILES string of the molecule is Cc1ccc([C@H](O)C2CCN(CC34CC(c5ccccc53)c3ccccc34)CC2)cc1. The van der Waals surface area contributed by atoms with Crippen LogP contribution in [0.4, 0.5) is 0 Å². The number of hydrogen-bond donors (Lipinski definition) is 1. The smallest absolute Gasteiger partial charge is 0.0819 e. The fourth-order valence-electron chi connectivity index (χ4n) is 6.65. The van der Waals surface area contributed by atoms with E-state index in [1.54, 1.807) is 22.3 Å². The molecule has 3 aliphatic rings. The summed E-state index contributed by atoms with van der Waals surface area (Å²) < 4.78 is 0. The Hall–Kier alpha value is -2.42. The summed E-state index contributed by atoms with van der Waals surface area (Å²) in [5, 5.41) is 11.0. The highest BCUT2D eigenvalue weighted by molar-refractivity contribution is 5.62. The molecule has 0 unspecified atom stereocenters. The maximum Gasteiger partial charge on any atom is 0.0819 e. The fourth-order valence-corrected chi connectivity index (χ4v) is 6.65. The number of aryl methyl sites for hydroxylation is 1. The first-order valence-electron chi connectivity index (χ1n) is 11.8. The Bertz CT molecular complexity index is 1050. The molecule has 1 saturated heterocycles. The van der Waals surface area contributed by atoms with Gasteiger partial charge in [-0.15, -0.1) is 0 Å². The van der Waals surface area contributed by atoms with Crippen molar-refractivity contribution >= 4 is 0 Å². The van der Waals surface area contributed by atoms with E-state index in [9.17, 15) is 5.11 Å². The fraction of sp³-hybridized carbons (Fsp3) is 0.379. The molecule has 1 heterocycles. The minimum Gasteiger partial charge on any atom is -0.388 e. The molecule has 2 heteroatoms. The van der Waals surface area contributed by atoms with Gasteiger partial charge in [0.05, 0.1) is 6.10 Å². The molecule has 1 aliphatic heterocycles. The van der Waals surface area contributed by atoms with Crippen molar-refractivity contribution in [2.24, 2.45) is 5.92 Å². The first-order chi connectivity index (χ1) is 15.2. The van der Waals surface area contributed by atoms with Crippen molar-refractivity contribution in [3.05, 3.63) is 106 Å². The van der Waals surface area contributed by atoms with Crippen LogP contribution in [-0.4, -0.2) is 29.6 Å². The van der Waals surface area contributed by atoms with Crippen molar-refractivity contribution < 1.29 is 5.11 Å². The van der Waals surface area contributed by atoms with Crippen molar-refractivity contribution in [2.45, 2.75) is 43.6 Å². The van der Waals surface area contributed by atoms with Crippen molar-refractivity contribution in [2.75, 3.05) is 19.6 Å². The Balaban J connectivity index is 1.21. The Morgan fingerprint density at radius 1 is 0.871 bits per heavy atom. The maximum atomic E-state index is 11.0. The lowest BCUT2D eigenvalue weighted by atomic mass is 9.74. The van der Waals surface area contributed by atoms with Gasteiger partial charge in [0.25, 0.3) is 0 Å². The number of aliphatic hydroxyl groups excluding tert-OH is 1. The van der Waals surface area contributed by atoms with Crippen LogP contribution >= 0.6 is 0 Å². The Kier molecular flexibility index (Phi) is 4.55. The molecule has 1 N–H and O–H groups in total. The van der Waals surface area contributed by atoms with Crippen molar-refractivity contribution in [3.8, 4) is 0 Å². The Morgan fingerprint density at radius 2 is 1.45 bits per heavy atom. The molecule has 0 spiro atoms. The molecule has 6 rings (SSSR count). The Labute approximate surface area is 185 Å². The predicted molar refractivity (Wildman–Crippen MR) is 125 cm³/mol. The molecule has 0 amide bonds. The number of nitrogens with zero attached hydrogens (tertiary/aromatic N) is 1. The second kappa shape index (κ2) is 7.32. The zero-order valence-electron chi connectivity index (χ0n) is 18.3. The molecule has 158 valence electrons. The van der Waals surface area contributed by atoms with Crippen LogP contribution in [0, 0.1) is 12.8 Å². The molecule has 3 aromatic rings. The van der Waals surface area contributed by atoms with Gasteiger partial charge in [-0.05, 0) is 73.0 Å². The van der Waals surface area contributed by atoms with Crippen LogP contribution in [0.3, 0.4) is 0 Å². The number of hydrogen-bond acceptors (Lipinski definition) is 2. The van der Waals surface area contributed by atoms with Crippen LogP contribution in [-0.2, 0) is 5.41 Å². The topological polar surface area (TPSA) is 23.5 Å². The van der Waals surface area contributed by atoms with Gasteiger partial charge < -0.3 is 10.0 Å². The van der Waals surface area contributed by atoms with Gasteiger partial charge in [0.2, 0.25) is 0 Å². The van der Waals surface area contributed by atoms with E-state index in [2.05, 4.69) is 84.6 Å². The summed E-state index contributed by atoms with van der Waals surface area (Å²) >= 11 is 0. The average molecular weight is 410 g/mol. The van der Waals surface area contributed by atoms with E-state index >= 15 is 0 Å². The lowest BCUT2D eigenvalue weighted by molar-refractivity contribution is 0.0540. The standard InChI is InChI=1S/C29H31NO/c1-20-10-12-21(13-11-20)28(31)22-14-16-30(17-15-22)19-29-18-25(23-6-2-4-8-26(23)29)24-7-3-5-9-27(24)29/h2-13,22,25,28,31H,14-19H2,1H3/t25?,28-,29?/m0/s1. The molecule has 0 radical (unpaired) electrons. The molecule has 2 bridgehead atoms.